The molecule has 5 nitrogen and oxygen atoms in total. The van der Waals surface area contributed by atoms with Crippen LogP contribution in [0.25, 0.3) is 0 Å². The van der Waals surface area contributed by atoms with E-state index < -0.39 is 0 Å². The number of likely N-dealkylation sites (N-methyl/N-ethyl adjacent to an activating group) is 1. The standard InChI is InChI=1S/C17H24N4OS/c1-3-20-16(14-9-10-14)18-21(17(20)23)13-19(2)11-12-22-15-7-5-4-6-8-15/h4-8,14H,3,9-13H2,1-2H3. The molecule has 0 amide bonds. The third-order valence-electron chi connectivity index (χ3n) is 4.07. The van der Waals surface area contributed by atoms with Gasteiger partial charge in [0.15, 0.2) is 4.77 Å². The topological polar surface area (TPSA) is 35.2 Å². The summed E-state index contributed by atoms with van der Waals surface area (Å²) in [5.74, 6) is 2.68. The second-order valence-corrected chi connectivity index (χ2v) is 6.41. The Morgan fingerprint density at radius 1 is 1.30 bits per heavy atom. The Morgan fingerprint density at radius 3 is 2.70 bits per heavy atom. The van der Waals surface area contributed by atoms with Crippen molar-refractivity contribution in [3.05, 3.63) is 40.9 Å². The molecule has 1 saturated carbocycles. The van der Waals surface area contributed by atoms with Gasteiger partial charge in [0.25, 0.3) is 0 Å². The van der Waals surface area contributed by atoms with Gasteiger partial charge in [-0.1, -0.05) is 18.2 Å². The van der Waals surface area contributed by atoms with E-state index in [1.807, 2.05) is 35.0 Å². The van der Waals surface area contributed by atoms with Gasteiger partial charge in [-0.2, -0.15) is 5.10 Å². The molecule has 0 atom stereocenters. The molecule has 0 aliphatic heterocycles. The molecule has 6 heteroatoms. The van der Waals surface area contributed by atoms with E-state index >= 15 is 0 Å². The van der Waals surface area contributed by atoms with E-state index in [9.17, 15) is 0 Å². The smallest absolute Gasteiger partial charge is 0.199 e. The molecule has 1 aromatic carbocycles. The summed E-state index contributed by atoms with van der Waals surface area (Å²) in [4.78, 5) is 2.18. The number of ether oxygens (including phenoxy) is 1. The van der Waals surface area contributed by atoms with E-state index in [0.29, 0.717) is 19.2 Å². The van der Waals surface area contributed by atoms with Gasteiger partial charge in [0, 0.05) is 19.0 Å². The van der Waals surface area contributed by atoms with Crippen molar-refractivity contribution in [3.8, 4) is 5.75 Å². The maximum atomic E-state index is 5.74. The van der Waals surface area contributed by atoms with E-state index in [1.165, 1.54) is 12.8 Å². The zero-order valence-electron chi connectivity index (χ0n) is 13.8. The van der Waals surface area contributed by atoms with Crippen molar-refractivity contribution in [2.45, 2.75) is 38.9 Å². The van der Waals surface area contributed by atoms with Gasteiger partial charge in [-0.25, -0.2) is 4.68 Å². The summed E-state index contributed by atoms with van der Waals surface area (Å²) in [5, 5.41) is 4.74. The lowest BCUT2D eigenvalue weighted by atomic mass is 10.3. The van der Waals surface area contributed by atoms with Crippen molar-refractivity contribution >= 4 is 12.2 Å². The summed E-state index contributed by atoms with van der Waals surface area (Å²) in [6.45, 7) is 5.20. The Hall–Kier alpha value is -1.66. The van der Waals surface area contributed by atoms with Gasteiger partial charge in [-0.15, -0.1) is 0 Å². The summed E-state index contributed by atoms with van der Waals surface area (Å²) in [6.07, 6.45) is 2.49. The molecule has 3 rings (SSSR count). The molecular weight excluding hydrogens is 308 g/mol. The van der Waals surface area contributed by atoms with Crippen LogP contribution in [0.3, 0.4) is 0 Å². The van der Waals surface area contributed by atoms with Crippen LogP contribution in [-0.2, 0) is 13.2 Å². The van der Waals surface area contributed by atoms with Gasteiger partial charge in [0.05, 0.1) is 6.67 Å². The number of benzene rings is 1. The first-order valence-corrected chi connectivity index (χ1v) is 8.63. The molecule has 23 heavy (non-hydrogen) atoms. The van der Waals surface area contributed by atoms with Crippen molar-refractivity contribution in [2.24, 2.45) is 0 Å². The van der Waals surface area contributed by atoms with Crippen LogP contribution in [0.2, 0.25) is 0 Å². The van der Waals surface area contributed by atoms with E-state index in [2.05, 4.69) is 23.4 Å². The molecule has 0 spiro atoms. The molecule has 0 unspecified atom stereocenters. The van der Waals surface area contributed by atoms with Gasteiger partial charge in [0.2, 0.25) is 0 Å². The molecule has 0 N–H and O–H groups in total. The maximum absolute atomic E-state index is 5.74. The summed E-state index contributed by atoms with van der Waals surface area (Å²) >= 11 is 5.57. The predicted molar refractivity (Wildman–Crippen MR) is 93.3 cm³/mol. The predicted octanol–water partition coefficient (Wildman–Crippen LogP) is 3.28. The van der Waals surface area contributed by atoms with Gasteiger partial charge < -0.3 is 9.30 Å². The summed E-state index contributed by atoms with van der Waals surface area (Å²) in [6, 6.07) is 9.90. The Balaban J connectivity index is 1.55. The normalized spacial score (nSPS) is 14.4. The molecule has 1 aliphatic rings. The van der Waals surface area contributed by atoms with E-state index in [1.54, 1.807) is 0 Å². The Morgan fingerprint density at radius 2 is 2.04 bits per heavy atom. The molecule has 1 aromatic heterocycles. The fraction of sp³-hybridized carbons (Fsp3) is 0.529. The van der Waals surface area contributed by atoms with Crippen molar-refractivity contribution in [1.29, 1.82) is 0 Å². The van der Waals surface area contributed by atoms with E-state index in [-0.39, 0.29) is 0 Å². The van der Waals surface area contributed by atoms with Crippen molar-refractivity contribution in [3.63, 3.8) is 0 Å². The van der Waals surface area contributed by atoms with E-state index in [0.717, 1.165) is 29.4 Å². The Kier molecular flexibility index (Phi) is 5.13. The Labute approximate surface area is 142 Å². The molecule has 0 radical (unpaired) electrons. The third-order valence-corrected chi connectivity index (χ3v) is 4.50. The zero-order valence-corrected chi connectivity index (χ0v) is 14.6. The van der Waals surface area contributed by atoms with Gasteiger partial charge in [0.1, 0.15) is 18.2 Å². The van der Waals surface area contributed by atoms with Crippen LogP contribution in [0.4, 0.5) is 0 Å². The third kappa shape index (κ3) is 4.00. The highest BCUT2D eigenvalue weighted by Crippen LogP contribution is 2.39. The lowest BCUT2D eigenvalue weighted by molar-refractivity contribution is 0.197. The largest absolute Gasteiger partial charge is 0.492 e. The molecule has 124 valence electrons. The van der Waals surface area contributed by atoms with Crippen molar-refractivity contribution < 1.29 is 4.74 Å². The minimum Gasteiger partial charge on any atom is -0.492 e. The van der Waals surface area contributed by atoms with Crippen LogP contribution in [0.15, 0.2) is 30.3 Å². The van der Waals surface area contributed by atoms with Crippen LogP contribution in [0.5, 0.6) is 5.75 Å². The average Bonchev–Trinajstić information content (AvgIpc) is 3.35. The van der Waals surface area contributed by atoms with Gasteiger partial charge in [-0.3, -0.25) is 4.90 Å². The van der Waals surface area contributed by atoms with Crippen LogP contribution in [-0.4, -0.2) is 39.4 Å². The van der Waals surface area contributed by atoms with Crippen molar-refractivity contribution in [1.82, 2.24) is 19.2 Å². The molecule has 0 saturated heterocycles. The minimum absolute atomic E-state index is 0.615. The fourth-order valence-electron chi connectivity index (χ4n) is 2.63. The molecule has 1 aliphatic carbocycles. The molecule has 0 bridgehead atoms. The minimum atomic E-state index is 0.615. The van der Waals surface area contributed by atoms with E-state index in [4.69, 9.17) is 22.1 Å². The van der Waals surface area contributed by atoms with Crippen molar-refractivity contribution in [2.75, 3.05) is 20.2 Å². The summed E-state index contributed by atoms with van der Waals surface area (Å²) in [7, 11) is 2.07. The van der Waals surface area contributed by atoms with Crippen LogP contribution in [0.1, 0.15) is 31.5 Å². The number of hydrogen-bond acceptors (Lipinski definition) is 4. The lowest BCUT2D eigenvalue weighted by Gasteiger charge is -2.16. The Bertz CT molecular complexity index is 690. The summed E-state index contributed by atoms with van der Waals surface area (Å²) < 4.78 is 10.7. The zero-order chi connectivity index (χ0) is 16.2. The highest BCUT2D eigenvalue weighted by Gasteiger charge is 2.29. The maximum Gasteiger partial charge on any atom is 0.199 e. The fourth-order valence-corrected chi connectivity index (χ4v) is 2.95. The lowest BCUT2D eigenvalue weighted by Crippen LogP contribution is -2.27. The van der Waals surface area contributed by atoms with Gasteiger partial charge >= 0.3 is 0 Å². The highest BCUT2D eigenvalue weighted by atomic mass is 32.1. The van der Waals surface area contributed by atoms with Crippen LogP contribution >= 0.6 is 12.2 Å². The number of nitrogens with zero attached hydrogens (tertiary/aromatic N) is 4. The number of hydrogen-bond donors (Lipinski definition) is 0. The highest BCUT2D eigenvalue weighted by molar-refractivity contribution is 7.71. The van der Waals surface area contributed by atoms with Crippen LogP contribution in [0, 0.1) is 4.77 Å². The van der Waals surface area contributed by atoms with Crippen LogP contribution < -0.4 is 4.74 Å². The average molecular weight is 332 g/mol. The second kappa shape index (κ2) is 7.27. The molecular formula is C17H24N4OS. The number of aromatic nitrogens is 3. The van der Waals surface area contributed by atoms with Gasteiger partial charge in [-0.05, 0) is 51.2 Å². The first-order valence-electron chi connectivity index (χ1n) is 8.23. The SMILES string of the molecule is CCn1c(C2CC2)nn(CN(C)CCOc2ccccc2)c1=S. The molecule has 1 heterocycles. The summed E-state index contributed by atoms with van der Waals surface area (Å²) in [5.41, 5.74) is 0. The first-order chi connectivity index (χ1) is 11.2. The number of para-hydroxylation sites is 1. The molecule has 1 fully saturated rings. The monoisotopic (exact) mass is 332 g/mol. The first kappa shape index (κ1) is 16.2. The number of rotatable bonds is 8. The second-order valence-electron chi connectivity index (χ2n) is 6.04. The molecule has 2 aromatic rings. The quantitative estimate of drug-likeness (QED) is 0.695.